The molecule has 0 amide bonds. The van der Waals surface area contributed by atoms with Gasteiger partial charge in [0.25, 0.3) is 11.1 Å². The lowest BCUT2D eigenvalue weighted by molar-refractivity contribution is -0.0660. The van der Waals surface area contributed by atoms with Crippen LogP contribution in [0.3, 0.4) is 0 Å². The molecule has 2 saturated heterocycles. The maximum atomic E-state index is 14.6. The number of aliphatic hydroxyl groups excluding tert-OH is 1. The summed E-state index contributed by atoms with van der Waals surface area (Å²) in [5.74, 6) is 0.322. The van der Waals surface area contributed by atoms with Crippen molar-refractivity contribution in [2.45, 2.75) is 12.6 Å². The Morgan fingerprint density at radius 3 is 2.56 bits per heavy atom. The van der Waals surface area contributed by atoms with E-state index in [1.165, 1.54) is 25.8 Å². The summed E-state index contributed by atoms with van der Waals surface area (Å²) in [5, 5.41) is 14.3. The number of rotatable bonds is 7. The number of halogens is 1. The van der Waals surface area contributed by atoms with E-state index >= 15 is 0 Å². The van der Waals surface area contributed by atoms with Gasteiger partial charge in [-0.3, -0.25) is 19.1 Å². The molecule has 7 heterocycles. The van der Waals surface area contributed by atoms with Gasteiger partial charge in [0.05, 0.1) is 43.3 Å². The Morgan fingerprint density at radius 1 is 1.00 bits per heavy atom. The second kappa shape index (κ2) is 12.0. The van der Waals surface area contributed by atoms with Gasteiger partial charge in [-0.15, -0.1) is 0 Å². The number of nitrogens with one attached hydrogen (secondary N) is 1. The molecule has 244 valence electrons. The van der Waals surface area contributed by atoms with Crippen LogP contribution in [0.2, 0.25) is 0 Å². The lowest BCUT2D eigenvalue weighted by Crippen LogP contribution is -2.56. The summed E-state index contributed by atoms with van der Waals surface area (Å²) in [6.07, 6.45) is 8.15. The average Bonchev–Trinajstić information content (AvgIpc) is 3.47. The lowest BCUT2D eigenvalue weighted by atomic mass is 10.0. The van der Waals surface area contributed by atoms with E-state index in [9.17, 15) is 19.1 Å². The van der Waals surface area contributed by atoms with Gasteiger partial charge in [-0.05, 0) is 42.0 Å². The van der Waals surface area contributed by atoms with Gasteiger partial charge in [-0.2, -0.15) is 0 Å². The van der Waals surface area contributed by atoms with E-state index in [4.69, 9.17) is 4.74 Å². The number of pyridine rings is 3. The minimum atomic E-state index is -0.431. The molecule has 1 aromatic carbocycles. The molecule has 48 heavy (non-hydrogen) atoms. The third kappa shape index (κ3) is 5.12. The summed E-state index contributed by atoms with van der Waals surface area (Å²) < 4.78 is 24.3. The monoisotopic (exact) mass is 648 g/mol. The van der Waals surface area contributed by atoms with Crippen LogP contribution < -0.4 is 21.3 Å². The van der Waals surface area contributed by atoms with Crippen molar-refractivity contribution < 1.29 is 14.2 Å². The minimum Gasteiger partial charge on any atom is -0.392 e. The van der Waals surface area contributed by atoms with Crippen LogP contribution in [0.4, 0.5) is 21.6 Å². The molecule has 0 spiro atoms. The maximum absolute atomic E-state index is 14.6. The van der Waals surface area contributed by atoms with E-state index in [-0.39, 0.29) is 16.9 Å². The van der Waals surface area contributed by atoms with Gasteiger partial charge in [0.15, 0.2) is 0 Å². The normalized spacial score (nSPS) is 15.7. The third-order valence-corrected chi connectivity index (χ3v) is 9.35. The topological polar surface area (TPSA) is 122 Å². The van der Waals surface area contributed by atoms with Crippen molar-refractivity contribution in [1.82, 2.24) is 28.4 Å². The summed E-state index contributed by atoms with van der Waals surface area (Å²) in [6.45, 7) is 5.00. The van der Waals surface area contributed by atoms with Crippen molar-refractivity contribution in [2.75, 3.05) is 49.6 Å². The molecule has 0 bridgehead atoms. The number of ether oxygens (including phenoxy) is 1. The zero-order valence-electron chi connectivity index (χ0n) is 26.2. The molecule has 2 aliphatic rings. The molecule has 0 radical (unpaired) electrons. The molecule has 12 nitrogen and oxygen atoms in total. The summed E-state index contributed by atoms with van der Waals surface area (Å²) in [4.78, 5) is 40.7. The van der Waals surface area contributed by atoms with Crippen LogP contribution in [-0.2, 0) is 18.4 Å². The number of piperazine rings is 1. The Hall–Kier alpha value is -5.37. The first-order valence-corrected chi connectivity index (χ1v) is 15.8. The smallest absolute Gasteiger partial charge is 0.280 e. The van der Waals surface area contributed by atoms with Gasteiger partial charge in [-0.1, -0.05) is 12.1 Å². The Morgan fingerprint density at radius 2 is 1.83 bits per heavy atom. The minimum absolute atomic E-state index is 0.232. The number of anilines is 3. The van der Waals surface area contributed by atoms with E-state index in [1.807, 2.05) is 18.3 Å². The molecule has 5 aromatic heterocycles. The number of aromatic nitrogens is 5. The first-order valence-electron chi connectivity index (χ1n) is 15.8. The Kier molecular flexibility index (Phi) is 7.51. The number of aliphatic hydroxyl groups is 1. The van der Waals surface area contributed by atoms with Gasteiger partial charge in [0, 0.05) is 74.5 Å². The van der Waals surface area contributed by atoms with E-state index < -0.39 is 18.0 Å². The molecule has 0 saturated carbocycles. The van der Waals surface area contributed by atoms with E-state index in [2.05, 4.69) is 25.1 Å². The number of hydrogen-bond donors (Lipinski definition) is 2. The fourth-order valence-electron chi connectivity index (χ4n) is 6.68. The van der Waals surface area contributed by atoms with Crippen LogP contribution in [0.15, 0.2) is 89.1 Å². The number of aryl methyl sites for hydroxylation is 1. The predicted octanol–water partition coefficient (Wildman–Crippen LogP) is 3.29. The number of nitrogens with zero attached hydrogens (tertiary/aromatic N) is 7. The second-order valence-electron chi connectivity index (χ2n) is 12.2. The summed E-state index contributed by atoms with van der Waals surface area (Å²) >= 11 is 0. The lowest BCUT2D eigenvalue weighted by Gasteiger charge is -2.43. The molecule has 13 heteroatoms. The predicted molar refractivity (Wildman–Crippen MR) is 181 cm³/mol. The average molecular weight is 649 g/mol. The highest BCUT2D eigenvalue weighted by Gasteiger charge is 2.29. The van der Waals surface area contributed by atoms with Crippen LogP contribution in [0.5, 0.6) is 0 Å². The zero-order valence-corrected chi connectivity index (χ0v) is 26.2. The highest BCUT2D eigenvalue weighted by Crippen LogP contribution is 2.29. The molecule has 8 rings (SSSR count). The van der Waals surface area contributed by atoms with Crippen LogP contribution >= 0.6 is 0 Å². The quantitative estimate of drug-likeness (QED) is 0.269. The molecular weight excluding hydrogens is 615 g/mol. The Bertz CT molecular complexity index is 2290. The number of hydrogen-bond acceptors (Lipinski definition) is 9. The molecule has 2 aliphatic heterocycles. The summed E-state index contributed by atoms with van der Waals surface area (Å²) in [7, 11) is 1.65. The van der Waals surface area contributed by atoms with Crippen molar-refractivity contribution in [1.29, 1.82) is 0 Å². The van der Waals surface area contributed by atoms with Crippen LogP contribution in [0.1, 0.15) is 5.56 Å². The number of fused-ring (bicyclic) bond motifs is 3. The highest BCUT2D eigenvalue weighted by molar-refractivity contribution is 5.87. The van der Waals surface area contributed by atoms with Gasteiger partial charge >= 0.3 is 0 Å². The molecule has 2 N–H and O–H groups in total. The SMILES string of the molecule is Cn1cc(-c2ccnc(-n3ccn4c(cc5cccc(F)c54)c3=O)c2CO)cc(Nc2ccc(N3CCN(C4COC4)CC3)cn2)c1=O. The maximum Gasteiger partial charge on any atom is 0.280 e. The van der Waals surface area contributed by atoms with Crippen molar-refractivity contribution in [3.63, 3.8) is 0 Å². The second-order valence-corrected chi connectivity index (χ2v) is 12.2. The largest absolute Gasteiger partial charge is 0.392 e. The van der Waals surface area contributed by atoms with Crippen molar-refractivity contribution in [3.05, 3.63) is 112 Å². The van der Waals surface area contributed by atoms with E-state index in [0.717, 1.165) is 45.1 Å². The van der Waals surface area contributed by atoms with E-state index in [1.54, 1.807) is 56.0 Å². The summed E-state index contributed by atoms with van der Waals surface area (Å²) in [5.41, 5.74) is 2.85. The molecular formula is C35H33FN8O4. The number of para-hydroxylation sites is 1. The molecule has 0 unspecified atom stereocenters. The van der Waals surface area contributed by atoms with Gasteiger partial charge < -0.3 is 29.0 Å². The number of benzene rings is 1. The van der Waals surface area contributed by atoms with Crippen molar-refractivity contribution >= 4 is 33.6 Å². The fraction of sp³-hybridized carbons (Fsp3) is 0.257. The third-order valence-electron chi connectivity index (χ3n) is 9.35. The van der Waals surface area contributed by atoms with Crippen LogP contribution in [-0.4, -0.2) is 78.9 Å². The van der Waals surface area contributed by atoms with Crippen LogP contribution in [0, 0.1) is 5.82 Å². The molecule has 2 fully saturated rings. The zero-order chi connectivity index (χ0) is 32.9. The van der Waals surface area contributed by atoms with Crippen molar-refractivity contribution in [2.24, 2.45) is 7.05 Å². The Balaban J connectivity index is 1.09. The summed E-state index contributed by atoms with van der Waals surface area (Å²) in [6, 6.07) is 14.2. The molecule has 0 atom stereocenters. The Labute approximate surface area is 273 Å². The van der Waals surface area contributed by atoms with E-state index in [0.29, 0.717) is 45.1 Å². The van der Waals surface area contributed by atoms with Gasteiger partial charge in [-0.25, -0.2) is 14.4 Å². The van der Waals surface area contributed by atoms with Crippen LogP contribution in [0.25, 0.3) is 33.4 Å². The van der Waals surface area contributed by atoms with Crippen molar-refractivity contribution in [3.8, 4) is 16.9 Å². The van der Waals surface area contributed by atoms with Gasteiger partial charge in [0.2, 0.25) is 0 Å². The van der Waals surface area contributed by atoms with Gasteiger partial charge in [0.1, 0.15) is 28.7 Å². The molecule has 6 aromatic rings. The fourth-order valence-corrected chi connectivity index (χ4v) is 6.68. The standard InChI is InChI=1S/C35H33FN8O4/c1-40-18-23(15-29(34(40)46)39-31-6-5-24(17-38-31)41-9-11-42(12-10-41)25-20-48-21-25)26-7-8-37-33(27(26)19-45)44-14-13-43-30(35(44)47)16-22-3-2-4-28(36)32(22)43/h2-8,13-18,25,45H,9-12,19-21H2,1H3,(H,38,39). The molecule has 0 aliphatic carbocycles. The first-order chi connectivity index (χ1) is 23.4. The highest BCUT2D eigenvalue weighted by atomic mass is 19.1. The first kappa shape index (κ1) is 30.0.